The molecule has 102 valence electrons. The maximum Gasteiger partial charge on any atom is 0.141 e. The number of aromatic nitrogens is 2. The lowest BCUT2D eigenvalue weighted by Crippen LogP contribution is -1.98. The molecule has 0 saturated carbocycles. The van der Waals surface area contributed by atoms with Crippen molar-refractivity contribution >= 4 is 22.6 Å². The fourth-order valence-electron chi connectivity index (χ4n) is 2.27. The van der Waals surface area contributed by atoms with E-state index in [1.807, 2.05) is 4.57 Å². The lowest BCUT2D eigenvalue weighted by Gasteiger charge is -2.07. The lowest BCUT2D eigenvalue weighted by atomic mass is 10.1. The second-order valence-electron chi connectivity index (χ2n) is 5.05. The standard InChI is InChI=1S/C16H14ClFN2/c1-10-5-15-16(6-11(10)2)20(9-19-15)8-12-3-4-14(18)13(17)7-12/h3-7,9H,8H2,1-2H3. The summed E-state index contributed by atoms with van der Waals surface area (Å²) in [5, 5.41) is 0.152. The number of nitrogens with zero attached hydrogens (tertiary/aromatic N) is 2. The Balaban J connectivity index is 2.02. The van der Waals surface area contributed by atoms with Crippen LogP contribution in [0.1, 0.15) is 16.7 Å². The van der Waals surface area contributed by atoms with Gasteiger partial charge in [0.1, 0.15) is 5.82 Å². The van der Waals surface area contributed by atoms with Crippen LogP contribution in [0, 0.1) is 19.7 Å². The first-order valence-corrected chi connectivity index (χ1v) is 6.78. The molecule has 2 nitrogen and oxygen atoms in total. The molecule has 0 aliphatic carbocycles. The normalized spacial score (nSPS) is 11.2. The smallest absolute Gasteiger partial charge is 0.141 e. The molecule has 0 atom stereocenters. The molecule has 1 heterocycles. The van der Waals surface area contributed by atoms with Crippen molar-refractivity contribution in [1.82, 2.24) is 9.55 Å². The summed E-state index contributed by atoms with van der Waals surface area (Å²) in [6.07, 6.45) is 1.81. The van der Waals surface area contributed by atoms with Gasteiger partial charge in [0, 0.05) is 6.54 Å². The number of imidazole rings is 1. The minimum Gasteiger partial charge on any atom is -0.326 e. The fraction of sp³-hybridized carbons (Fsp3) is 0.188. The van der Waals surface area contributed by atoms with E-state index in [1.165, 1.54) is 17.2 Å². The third kappa shape index (κ3) is 2.29. The van der Waals surface area contributed by atoms with Crippen LogP contribution in [-0.4, -0.2) is 9.55 Å². The zero-order valence-electron chi connectivity index (χ0n) is 11.3. The molecule has 0 N–H and O–H groups in total. The molecule has 2 aromatic carbocycles. The molecule has 20 heavy (non-hydrogen) atoms. The van der Waals surface area contributed by atoms with Crippen LogP contribution in [0.4, 0.5) is 4.39 Å². The number of fused-ring (bicyclic) bond motifs is 1. The largest absolute Gasteiger partial charge is 0.326 e. The van der Waals surface area contributed by atoms with Crippen molar-refractivity contribution in [2.24, 2.45) is 0 Å². The van der Waals surface area contributed by atoms with Gasteiger partial charge in [-0.05, 0) is 54.8 Å². The highest BCUT2D eigenvalue weighted by Gasteiger charge is 2.07. The Labute approximate surface area is 121 Å². The van der Waals surface area contributed by atoms with Crippen molar-refractivity contribution in [3.8, 4) is 0 Å². The van der Waals surface area contributed by atoms with E-state index in [4.69, 9.17) is 11.6 Å². The molecule has 3 rings (SSSR count). The van der Waals surface area contributed by atoms with Crippen LogP contribution < -0.4 is 0 Å². The van der Waals surface area contributed by atoms with Crippen molar-refractivity contribution < 1.29 is 4.39 Å². The Morgan fingerprint density at radius 3 is 2.65 bits per heavy atom. The van der Waals surface area contributed by atoms with Gasteiger partial charge in [-0.15, -0.1) is 0 Å². The molecule has 0 fully saturated rings. The van der Waals surface area contributed by atoms with Crippen molar-refractivity contribution in [3.05, 3.63) is 64.2 Å². The number of halogens is 2. The van der Waals surface area contributed by atoms with E-state index in [2.05, 4.69) is 31.0 Å². The molecule has 3 aromatic rings. The third-order valence-corrected chi connectivity index (χ3v) is 3.86. The summed E-state index contributed by atoms with van der Waals surface area (Å²) in [5.41, 5.74) is 5.47. The maximum atomic E-state index is 13.2. The van der Waals surface area contributed by atoms with E-state index in [-0.39, 0.29) is 5.02 Å². The van der Waals surface area contributed by atoms with Gasteiger partial charge in [-0.1, -0.05) is 17.7 Å². The van der Waals surface area contributed by atoms with Crippen LogP contribution in [0.2, 0.25) is 5.02 Å². The van der Waals surface area contributed by atoms with Crippen LogP contribution in [0.25, 0.3) is 11.0 Å². The van der Waals surface area contributed by atoms with Gasteiger partial charge >= 0.3 is 0 Å². The first-order valence-electron chi connectivity index (χ1n) is 6.40. The molecule has 0 aliphatic heterocycles. The molecule has 0 bridgehead atoms. The Bertz CT molecular complexity index is 793. The summed E-state index contributed by atoms with van der Waals surface area (Å²) in [6.45, 7) is 4.79. The zero-order chi connectivity index (χ0) is 14.3. The van der Waals surface area contributed by atoms with Gasteiger partial charge < -0.3 is 4.57 Å². The quantitative estimate of drug-likeness (QED) is 0.679. The van der Waals surface area contributed by atoms with Gasteiger partial charge in [-0.25, -0.2) is 9.37 Å². The number of hydrogen-bond acceptors (Lipinski definition) is 1. The predicted molar refractivity (Wildman–Crippen MR) is 79.7 cm³/mol. The topological polar surface area (TPSA) is 17.8 Å². The second-order valence-corrected chi connectivity index (χ2v) is 5.45. The van der Waals surface area contributed by atoms with E-state index in [0.717, 1.165) is 16.6 Å². The average molecular weight is 289 g/mol. The Morgan fingerprint density at radius 2 is 1.90 bits per heavy atom. The van der Waals surface area contributed by atoms with Crippen LogP contribution in [-0.2, 0) is 6.54 Å². The minimum atomic E-state index is -0.391. The van der Waals surface area contributed by atoms with E-state index < -0.39 is 5.82 Å². The summed E-state index contributed by atoms with van der Waals surface area (Å²) in [6, 6.07) is 9.01. The summed E-state index contributed by atoms with van der Waals surface area (Å²) in [5.74, 6) is -0.391. The molecule has 0 unspecified atom stereocenters. The summed E-state index contributed by atoms with van der Waals surface area (Å²) in [4.78, 5) is 4.41. The van der Waals surface area contributed by atoms with Gasteiger partial charge in [-0.2, -0.15) is 0 Å². The molecule has 0 spiro atoms. The van der Waals surface area contributed by atoms with Gasteiger partial charge in [-0.3, -0.25) is 0 Å². The molecule has 0 amide bonds. The number of aryl methyl sites for hydroxylation is 2. The monoisotopic (exact) mass is 288 g/mol. The molecule has 4 heteroatoms. The third-order valence-electron chi connectivity index (χ3n) is 3.57. The van der Waals surface area contributed by atoms with Crippen molar-refractivity contribution in [1.29, 1.82) is 0 Å². The molecule has 0 radical (unpaired) electrons. The number of hydrogen-bond donors (Lipinski definition) is 0. The molecule has 0 aliphatic rings. The second kappa shape index (κ2) is 4.91. The molecular formula is C16H14ClFN2. The van der Waals surface area contributed by atoms with E-state index in [1.54, 1.807) is 18.5 Å². The predicted octanol–water partition coefficient (Wildman–Crippen LogP) is 4.49. The first kappa shape index (κ1) is 13.1. The van der Waals surface area contributed by atoms with E-state index in [9.17, 15) is 4.39 Å². The lowest BCUT2D eigenvalue weighted by molar-refractivity contribution is 0.627. The Morgan fingerprint density at radius 1 is 1.15 bits per heavy atom. The Kier molecular flexibility index (Phi) is 3.22. The maximum absolute atomic E-state index is 13.2. The van der Waals surface area contributed by atoms with E-state index >= 15 is 0 Å². The van der Waals surface area contributed by atoms with Gasteiger partial charge in [0.05, 0.1) is 22.4 Å². The summed E-state index contributed by atoms with van der Waals surface area (Å²) in [7, 11) is 0. The van der Waals surface area contributed by atoms with Crippen LogP contribution >= 0.6 is 11.6 Å². The average Bonchev–Trinajstić information content (AvgIpc) is 2.77. The number of rotatable bonds is 2. The first-order chi connectivity index (χ1) is 9.54. The highest BCUT2D eigenvalue weighted by Crippen LogP contribution is 2.21. The van der Waals surface area contributed by atoms with E-state index in [0.29, 0.717) is 6.54 Å². The summed E-state index contributed by atoms with van der Waals surface area (Å²) < 4.78 is 15.2. The molecule has 1 aromatic heterocycles. The van der Waals surface area contributed by atoms with Gasteiger partial charge in [0.15, 0.2) is 0 Å². The van der Waals surface area contributed by atoms with Crippen LogP contribution in [0.15, 0.2) is 36.7 Å². The summed E-state index contributed by atoms with van der Waals surface area (Å²) >= 11 is 5.82. The fourth-order valence-corrected chi connectivity index (χ4v) is 2.48. The molecular weight excluding hydrogens is 275 g/mol. The minimum absolute atomic E-state index is 0.152. The van der Waals surface area contributed by atoms with Gasteiger partial charge in [0.25, 0.3) is 0 Å². The van der Waals surface area contributed by atoms with Crippen molar-refractivity contribution in [2.75, 3.05) is 0 Å². The molecule has 0 saturated heterocycles. The van der Waals surface area contributed by atoms with Gasteiger partial charge in [0.2, 0.25) is 0 Å². The van der Waals surface area contributed by atoms with Crippen LogP contribution in [0.5, 0.6) is 0 Å². The highest BCUT2D eigenvalue weighted by atomic mass is 35.5. The van der Waals surface area contributed by atoms with Crippen molar-refractivity contribution in [3.63, 3.8) is 0 Å². The number of benzene rings is 2. The SMILES string of the molecule is Cc1cc2ncn(Cc3ccc(F)c(Cl)c3)c2cc1C. The van der Waals surface area contributed by atoms with Crippen LogP contribution in [0.3, 0.4) is 0 Å². The Hall–Kier alpha value is -1.87. The van der Waals surface area contributed by atoms with Crippen molar-refractivity contribution in [2.45, 2.75) is 20.4 Å². The highest BCUT2D eigenvalue weighted by molar-refractivity contribution is 6.30. The zero-order valence-corrected chi connectivity index (χ0v) is 12.1.